The van der Waals surface area contributed by atoms with Gasteiger partial charge >= 0.3 is 12.1 Å². The second-order valence-electron chi connectivity index (χ2n) is 17.2. The van der Waals surface area contributed by atoms with Crippen LogP contribution in [0.2, 0.25) is 0 Å². The number of rotatable bonds is 42. The van der Waals surface area contributed by atoms with Gasteiger partial charge in [-0.25, -0.2) is 9.59 Å². The molecule has 20 nitrogen and oxygen atoms in total. The van der Waals surface area contributed by atoms with Crippen molar-refractivity contribution in [2.75, 3.05) is 84.8 Å². The molecule has 5 amide bonds. The van der Waals surface area contributed by atoms with E-state index < -0.39 is 33.8 Å². The van der Waals surface area contributed by atoms with Gasteiger partial charge in [0.15, 0.2) is 0 Å². The van der Waals surface area contributed by atoms with Crippen LogP contribution >= 0.6 is 0 Å². The summed E-state index contributed by atoms with van der Waals surface area (Å²) in [6, 6.07) is 8.31. The van der Waals surface area contributed by atoms with Crippen molar-refractivity contribution in [3.05, 3.63) is 35.9 Å². The number of nitrogens with one attached hydrogen (secondary N) is 5. The minimum absolute atomic E-state index is 0.00521. The maximum Gasteiger partial charge on any atom is 0.407 e. The Morgan fingerprint density at radius 1 is 0.559 bits per heavy atom. The van der Waals surface area contributed by atoms with Crippen LogP contribution < -0.4 is 26.6 Å². The summed E-state index contributed by atoms with van der Waals surface area (Å²) in [5.74, 6) is -1.99. The third kappa shape index (κ3) is 40.6. The molecule has 0 bridgehead atoms. The zero-order valence-corrected chi connectivity index (χ0v) is 41.6. The van der Waals surface area contributed by atoms with Crippen LogP contribution in [0, 0.1) is 0 Å². The highest BCUT2D eigenvalue weighted by molar-refractivity contribution is 7.85. The lowest BCUT2D eigenvalue weighted by Crippen LogP contribution is -2.44. The molecule has 1 aromatic rings. The van der Waals surface area contributed by atoms with Gasteiger partial charge in [-0.05, 0) is 45.6 Å². The lowest BCUT2D eigenvalue weighted by atomic mass is 10.0. The summed E-state index contributed by atoms with van der Waals surface area (Å²) in [4.78, 5) is 73.7. The second kappa shape index (κ2) is 39.4. The van der Waals surface area contributed by atoms with E-state index in [-0.39, 0.29) is 134 Å². The van der Waals surface area contributed by atoms with Gasteiger partial charge in [0.25, 0.3) is 10.1 Å². The third-order valence-corrected chi connectivity index (χ3v) is 10.6. The predicted octanol–water partition coefficient (Wildman–Crippen LogP) is 4.28. The van der Waals surface area contributed by atoms with Crippen molar-refractivity contribution in [3.63, 3.8) is 0 Å². The summed E-state index contributed by atoms with van der Waals surface area (Å²) in [7, 11) is -3.85. The number of ether oxygens (including phenoxy) is 6. The molecule has 0 fully saturated rings. The van der Waals surface area contributed by atoms with Crippen LogP contribution in [0.15, 0.2) is 30.3 Å². The lowest BCUT2D eigenvalue weighted by molar-refractivity contribution is -0.159. The molecule has 1 aromatic carbocycles. The molecule has 0 saturated carbocycles. The first-order valence-electron chi connectivity index (χ1n) is 24.1. The number of alkyl carbamates (subject to hydrolysis) is 1. The molecule has 1 atom stereocenters. The Balaban J connectivity index is 2.03. The predicted molar refractivity (Wildman–Crippen MR) is 255 cm³/mol. The van der Waals surface area contributed by atoms with Gasteiger partial charge in [-0.1, -0.05) is 101 Å². The smallest absolute Gasteiger partial charge is 0.407 e. The Morgan fingerprint density at radius 2 is 1.03 bits per heavy atom. The normalized spacial score (nSPS) is 11.9. The van der Waals surface area contributed by atoms with Gasteiger partial charge < -0.3 is 55.0 Å². The van der Waals surface area contributed by atoms with E-state index in [1.54, 1.807) is 20.8 Å². The first-order valence-corrected chi connectivity index (χ1v) is 25.7. The van der Waals surface area contributed by atoms with Crippen molar-refractivity contribution < 1.29 is 70.2 Å². The summed E-state index contributed by atoms with van der Waals surface area (Å²) in [5, 5.41) is 13.3. The molecule has 0 heterocycles. The molecule has 0 aliphatic heterocycles. The van der Waals surface area contributed by atoms with Gasteiger partial charge in [0, 0.05) is 39.0 Å². The molecule has 0 unspecified atom stereocenters. The summed E-state index contributed by atoms with van der Waals surface area (Å²) < 4.78 is 62.3. The van der Waals surface area contributed by atoms with Crippen LogP contribution in [0.4, 0.5) is 4.79 Å². The third-order valence-electron chi connectivity index (χ3n) is 9.77. The van der Waals surface area contributed by atoms with Crippen LogP contribution in [0.1, 0.15) is 129 Å². The molecule has 0 aliphatic rings. The van der Waals surface area contributed by atoms with E-state index in [9.17, 15) is 37.2 Å². The minimum Gasteiger partial charge on any atom is -0.458 e. The molecule has 0 aromatic heterocycles. The van der Waals surface area contributed by atoms with Gasteiger partial charge in [-0.15, -0.1) is 0 Å². The number of esters is 1. The maximum absolute atomic E-state index is 12.9. The molecule has 390 valence electrons. The maximum atomic E-state index is 12.9. The fraction of sp³-hybridized carbons (Fsp3) is 0.745. The van der Waals surface area contributed by atoms with E-state index in [1.165, 1.54) is 0 Å². The van der Waals surface area contributed by atoms with Crippen LogP contribution in [-0.4, -0.2) is 145 Å². The van der Waals surface area contributed by atoms with Crippen molar-refractivity contribution in [3.8, 4) is 0 Å². The van der Waals surface area contributed by atoms with Crippen LogP contribution in [0.5, 0.6) is 0 Å². The Morgan fingerprint density at radius 3 is 1.56 bits per heavy atom. The summed E-state index contributed by atoms with van der Waals surface area (Å²) in [5.41, 5.74) is 0.109. The van der Waals surface area contributed by atoms with Crippen molar-refractivity contribution in [1.82, 2.24) is 26.6 Å². The fourth-order valence-corrected chi connectivity index (χ4v) is 6.87. The Bertz CT molecular complexity index is 1650. The number of carbonyl (C=O) groups is 6. The fourth-order valence-electron chi connectivity index (χ4n) is 6.30. The van der Waals surface area contributed by atoms with Crippen LogP contribution in [0.3, 0.4) is 0 Å². The number of unbranched alkanes of at least 4 members (excludes halogenated alkanes) is 12. The highest BCUT2D eigenvalue weighted by atomic mass is 32.2. The molecule has 0 aliphatic carbocycles. The Kier molecular flexibility index (Phi) is 35.7. The van der Waals surface area contributed by atoms with Crippen molar-refractivity contribution >= 4 is 45.8 Å². The topological polar surface area (TPSA) is 272 Å². The van der Waals surface area contributed by atoms with Gasteiger partial charge in [0.2, 0.25) is 23.6 Å². The molecule has 1 rings (SSSR count). The number of amides is 5. The number of hydrogen-bond acceptors (Lipinski definition) is 14. The van der Waals surface area contributed by atoms with Crippen molar-refractivity contribution in [1.29, 1.82) is 0 Å². The van der Waals surface area contributed by atoms with Gasteiger partial charge in [-0.2, -0.15) is 8.42 Å². The zero-order chi connectivity index (χ0) is 50.1. The van der Waals surface area contributed by atoms with E-state index in [2.05, 4.69) is 26.6 Å². The van der Waals surface area contributed by atoms with Crippen molar-refractivity contribution in [2.24, 2.45) is 0 Å². The largest absolute Gasteiger partial charge is 0.458 e. The van der Waals surface area contributed by atoms with Gasteiger partial charge in [0.1, 0.15) is 31.5 Å². The Labute approximate surface area is 403 Å². The Hall–Kier alpha value is -4.41. The molecule has 6 N–H and O–H groups in total. The summed E-state index contributed by atoms with van der Waals surface area (Å²) in [6.45, 7) is 7.13. The molecule has 0 spiro atoms. The van der Waals surface area contributed by atoms with E-state index >= 15 is 0 Å². The molecule has 21 heteroatoms. The average molecular weight is 988 g/mol. The monoisotopic (exact) mass is 988 g/mol. The molecule has 0 radical (unpaired) electrons. The highest BCUT2D eigenvalue weighted by Crippen LogP contribution is 2.15. The minimum atomic E-state index is -3.85. The zero-order valence-electron chi connectivity index (χ0n) is 40.7. The number of carbonyl (C=O) groups excluding carboxylic acids is 6. The van der Waals surface area contributed by atoms with Crippen LogP contribution in [0.25, 0.3) is 0 Å². The standard InChI is InChI=1S/C47H81N5O15S/c1-47(2,3)67-45(57)40(52-42(54)22-18-13-11-9-7-5-4-6-8-10-12-14-19-35-68(59,60)61)23-24-41(53)49-27-29-62-31-34-65-38-44(56)50-28-30-63-32-33-64-37-43(55)48-25-26-51-46(58)66-36-39-20-16-15-17-21-39/h15-17,20-21,40H,4-14,18-19,22-38H2,1-3H3,(H,48,55)(H,49,53)(H,50,56)(H,51,58)(H,52,54)(H,59,60,61)/t40-/m0/s1. The van der Waals surface area contributed by atoms with Gasteiger partial charge in [-0.3, -0.25) is 23.7 Å². The number of benzene rings is 1. The van der Waals surface area contributed by atoms with E-state index in [0.29, 0.717) is 12.8 Å². The quantitative estimate of drug-likeness (QED) is 0.0303. The van der Waals surface area contributed by atoms with Crippen LogP contribution in [-0.2, 0) is 69.1 Å². The first-order chi connectivity index (χ1) is 32.5. The summed E-state index contributed by atoms with van der Waals surface area (Å²) >= 11 is 0. The first kappa shape index (κ1) is 61.6. The molecular formula is C47H81N5O15S. The molecule has 68 heavy (non-hydrogen) atoms. The SMILES string of the molecule is CC(C)(C)OC(=O)[C@H](CCC(=O)NCCOCCOCC(=O)NCCOCCOCC(=O)NCCNC(=O)OCc1ccccc1)NC(=O)CCCCCCCCCCCCCCCS(=O)(=O)O. The van der Waals surface area contributed by atoms with Gasteiger partial charge in [0.05, 0.1) is 45.4 Å². The molecule has 0 saturated heterocycles. The average Bonchev–Trinajstić information content (AvgIpc) is 3.28. The van der Waals surface area contributed by atoms with Crippen molar-refractivity contribution in [2.45, 2.75) is 142 Å². The van der Waals surface area contributed by atoms with E-state index in [1.807, 2.05) is 30.3 Å². The summed E-state index contributed by atoms with van der Waals surface area (Å²) in [6.07, 6.45) is 12.6. The lowest BCUT2D eigenvalue weighted by Gasteiger charge is -2.24. The highest BCUT2D eigenvalue weighted by Gasteiger charge is 2.27. The van der Waals surface area contributed by atoms with E-state index in [4.69, 9.17) is 33.0 Å². The molecular weight excluding hydrogens is 907 g/mol. The second-order valence-corrected chi connectivity index (χ2v) is 18.8. The number of hydrogen-bond donors (Lipinski definition) is 6. The van der Waals surface area contributed by atoms with E-state index in [0.717, 1.165) is 76.2 Å².